The number of fused-ring (bicyclic) bond motifs is 1. The van der Waals surface area contributed by atoms with Gasteiger partial charge in [-0.2, -0.15) is 18.3 Å². The van der Waals surface area contributed by atoms with E-state index in [1.807, 2.05) is 4.90 Å². The number of hydrogen-bond donors (Lipinski definition) is 2. The molecule has 5 aliphatic rings. The maximum Gasteiger partial charge on any atom is 0.401 e. The quantitative estimate of drug-likeness (QED) is 0.698. The Morgan fingerprint density at radius 1 is 1.21 bits per heavy atom. The van der Waals surface area contributed by atoms with Crippen molar-refractivity contribution in [2.45, 2.75) is 62.3 Å². The van der Waals surface area contributed by atoms with E-state index in [0.717, 1.165) is 12.8 Å². The maximum atomic E-state index is 13.3. The molecule has 9 nitrogen and oxygen atoms in total. The molecule has 0 aromatic carbocycles. The number of aromatic nitrogens is 3. The molecule has 0 radical (unpaired) electrons. The van der Waals surface area contributed by atoms with E-state index in [1.54, 1.807) is 4.90 Å². The largest absolute Gasteiger partial charge is 0.401 e. The number of halogens is 3. The van der Waals surface area contributed by atoms with Crippen LogP contribution in [-0.2, 0) is 21.4 Å². The van der Waals surface area contributed by atoms with Crippen molar-refractivity contribution in [3.63, 3.8) is 0 Å². The number of rotatable bonds is 3. The van der Waals surface area contributed by atoms with E-state index in [-0.39, 0.29) is 54.8 Å². The van der Waals surface area contributed by atoms with Gasteiger partial charge >= 0.3 is 12.2 Å². The van der Waals surface area contributed by atoms with Gasteiger partial charge in [0, 0.05) is 38.0 Å². The van der Waals surface area contributed by atoms with Gasteiger partial charge in [-0.25, -0.2) is 9.78 Å². The highest BCUT2D eigenvalue weighted by molar-refractivity contribution is 5.79. The minimum absolute atomic E-state index is 0.00380. The van der Waals surface area contributed by atoms with Crippen LogP contribution in [0.3, 0.4) is 0 Å². The first-order valence-electron chi connectivity index (χ1n) is 11.6. The molecule has 6 rings (SSSR count). The van der Waals surface area contributed by atoms with Crippen molar-refractivity contribution in [2.24, 2.45) is 11.3 Å². The van der Waals surface area contributed by atoms with Crippen LogP contribution in [0.1, 0.15) is 43.8 Å². The van der Waals surface area contributed by atoms with Crippen LogP contribution in [-0.4, -0.2) is 88.0 Å². The van der Waals surface area contributed by atoms with E-state index in [2.05, 4.69) is 20.5 Å². The highest BCUT2D eigenvalue weighted by Gasteiger charge is 2.67. The van der Waals surface area contributed by atoms with Crippen molar-refractivity contribution in [3.05, 3.63) is 11.6 Å². The number of ether oxygens (including phenoxy) is 1. The van der Waals surface area contributed by atoms with Crippen LogP contribution in [0, 0.1) is 11.3 Å². The Morgan fingerprint density at radius 3 is 2.67 bits per heavy atom. The fourth-order valence-electron chi connectivity index (χ4n) is 6.17. The molecule has 180 valence electrons. The highest BCUT2D eigenvalue weighted by Crippen LogP contribution is 2.58. The molecule has 2 N–H and O–H groups in total. The van der Waals surface area contributed by atoms with E-state index in [9.17, 15) is 22.8 Å². The van der Waals surface area contributed by atoms with Crippen molar-refractivity contribution in [1.29, 1.82) is 0 Å². The summed E-state index contributed by atoms with van der Waals surface area (Å²) in [5.74, 6) is 0.600. The van der Waals surface area contributed by atoms with E-state index < -0.39 is 11.6 Å². The first kappa shape index (κ1) is 21.2. The second-order valence-corrected chi connectivity index (χ2v) is 10.6. The van der Waals surface area contributed by atoms with Gasteiger partial charge in [0.25, 0.3) is 0 Å². The van der Waals surface area contributed by atoms with Crippen LogP contribution in [0.2, 0.25) is 0 Å². The van der Waals surface area contributed by atoms with E-state index in [1.165, 1.54) is 0 Å². The molecular formula is C21H27F3N6O3. The van der Waals surface area contributed by atoms with Gasteiger partial charge in [0.1, 0.15) is 17.8 Å². The second kappa shape index (κ2) is 7.07. The minimum Gasteiger partial charge on any atom is -0.366 e. The topological polar surface area (TPSA) is 103 Å². The van der Waals surface area contributed by atoms with Crippen LogP contribution in [0.5, 0.6) is 0 Å². The molecule has 5 fully saturated rings. The molecule has 12 heteroatoms. The van der Waals surface area contributed by atoms with Crippen LogP contribution < -0.4 is 5.32 Å². The molecule has 2 aliphatic carbocycles. The summed E-state index contributed by atoms with van der Waals surface area (Å²) < 4.78 is 45.4. The summed E-state index contributed by atoms with van der Waals surface area (Å²) in [6.07, 6.45) is -1.04. The van der Waals surface area contributed by atoms with Gasteiger partial charge < -0.3 is 19.9 Å². The fourth-order valence-corrected chi connectivity index (χ4v) is 6.17. The number of carbonyl (C=O) groups excluding carboxylic acids is 2. The average Bonchev–Trinajstić information content (AvgIpc) is 3.41. The van der Waals surface area contributed by atoms with E-state index in [0.29, 0.717) is 50.8 Å². The van der Waals surface area contributed by atoms with Gasteiger partial charge in [-0.05, 0) is 38.0 Å². The number of H-pyrrole nitrogens is 1. The first-order chi connectivity index (χ1) is 15.7. The predicted octanol–water partition coefficient (Wildman–Crippen LogP) is 1.36. The Labute approximate surface area is 188 Å². The summed E-state index contributed by atoms with van der Waals surface area (Å²) in [4.78, 5) is 32.3. The number of alkyl halides is 3. The van der Waals surface area contributed by atoms with Gasteiger partial charge in [0.05, 0.1) is 12.1 Å². The monoisotopic (exact) mass is 468 g/mol. The summed E-state index contributed by atoms with van der Waals surface area (Å²) in [6.45, 7) is 2.58. The number of carbonyl (C=O) groups is 2. The Morgan fingerprint density at radius 2 is 1.97 bits per heavy atom. The molecule has 1 aromatic heterocycles. The smallest absolute Gasteiger partial charge is 0.366 e. The van der Waals surface area contributed by atoms with Gasteiger partial charge in [-0.1, -0.05) is 0 Å². The average molecular weight is 468 g/mol. The summed E-state index contributed by atoms with van der Waals surface area (Å²) in [5.41, 5.74) is -1.73. The third kappa shape index (κ3) is 3.48. The summed E-state index contributed by atoms with van der Waals surface area (Å²) in [6, 6.07) is -0.143. The van der Waals surface area contributed by atoms with Crippen LogP contribution in [0.4, 0.5) is 18.0 Å². The van der Waals surface area contributed by atoms with Gasteiger partial charge in [0.2, 0.25) is 5.91 Å². The Hall–Kier alpha value is -2.37. The molecule has 1 unspecified atom stereocenters. The van der Waals surface area contributed by atoms with Crippen molar-refractivity contribution in [1.82, 2.24) is 30.3 Å². The zero-order chi connectivity index (χ0) is 23.0. The zero-order valence-corrected chi connectivity index (χ0v) is 18.2. The van der Waals surface area contributed by atoms with Crippen LogP contribution in [0.15, 0.2) is 0 Å². The van der Waals surface area contributed by atoms with Crippen LogP contribution >= 0.6 is 0 Å². The van der Waals surface area contributed by atoms with Gasteiger partial charge in [-0.15, -0.1) is 0 Å². The maximum absolute atomic E-state index is 13.3. The first-order valence-corrected chi connectivity index (χ1v) is 11.6. The molecule has 4 heterocycles. The normalized spacial score (nSPS) is 30.3. The molecule has 2 atom stereocenters. The number of likely N-dealkylation sites (tertiary alicyclic amines) is 2. The third-order valence-electron chi connectivity index (χ3n) is 8.10. The Bertz CT molecular complexity index is 963. The van der Waals surface area contributed by atoms with Crippen LogP contribution in [0.25, 0.3) is 0 Å². The zero-order valence-electron chi connectivity index (χ0n) is 18.2. The second-order valence-electron chi connectivity index (χ2n) is 10.6. The number of nitrogens with zero attached hydrogens (tertiary/aromatic N) is 4. The lowest BCUT2D eigenvalue weighted by Gasteiger charge is -2.60. The molecular weight excluding hydrogens is 441 g/mol. The van der Waals surface area contributed by atoms with Gasteiger partial charge in [-0.3, -0.25) is 9.89 Å². The molecule has 1 spiro atoms. The number of aromatic amines is 1. The van der Waals surface area contributed by atoms with E-state index in [4.69, 9.17) is 4.74 Å². The number of morpholine rings is 1. The van der Waals surface area contributed by atoms with Gasteiger partial charge in [0.15, 0.2) is 5.82 Å². The van der Waals surface area contributed by atoms with E-state index >= 15 is 0 Å². The Balaban J connectivity index is 0.979. The SMILES string of the molecule is O=C1COC2CCN(C(=O)N3CC4(CC(Cc5nc(C6(C(F)(F)F)CC6)n[nH]5)C4)C3)C[C@H]2N1. The lowest BCUT2D eigenvalue weighted by atomic mass is 9.57. The number of piperidine rings is 1. The molecule has 0 bridgehead atoms. The number of nitrogens with one attached hydrogen (secondary N) is 2. The number of amides is 3. The predicted molar refractivity (Wildman–Crippen MR) is 107 cm³/mol. The summed E-state index contributed by atoms with van der Waals surface area (Å²) in [5, 5.41) is 9.50. The highest BCUT2D eigenvalue weighted by atomic mass is 19.4. The molecule has 3 aliphatic heterocycles. The lowest BCUT2D eigenvalue weighted by Crippen LogP contribution is -2.68. The summed E-state index contributed by atoms with van der Waals surface area (Å²) >= 11 is 0. The Kier molecular flexibility index (Phi) is 4.54. The molecule has 1 aromatic rings. The minimum atomic E-state index is -4.31. The molecule has 3 saturated heterocycles. The number of hydrogen-bond acceptors (Lipinski definition) is 5. The van der Waals surface area contributed by atoms with Crippen molar-refractivity contribution in [3.8, 4) is 0 Å². The molecule has 33 heavy (non-hydrogen) atoms. The summed E-state index contributed by atoms with van der Waals surface area (Å²) in [7, 11) is 0. The molecule has 3 amide bonds. The third-order valence-corrected chi connectivity index (χ3v) is 8.10. The molecule has 2 saturated carbocycles. The van der Waals surface area contributed by atoms with Crippen molar-refractivity contribution in [2.75, 3.05) is 32.8 Å². The number of urea groups is 1. The lowest BCUT2D eigenvalue weighted by molar-refractivity contribution is -0.162. The van der Waals surface area contributed by atoms with Crippen molar-refractivity contribution < 1.29 is 27.5 Å². The van der Waals surface area contributed by atoms with Crippen molar-refractivity contribution >= 4 is 11.9 Å². The fraction of sp³-hybridized carbons (Fsp3) is 0.810. The standard InChI is InChI=1S/C21H27F3N6O3/c22-21(23,24)20(2-3-20)17-26-15(27-28-17)5-12-6-19(7-12)10-30(11-19)18(32)29-4-1-14-13(8-29)25-16(31)9-33-14/h12-14H,1-11H2,(H,25,31)(H,26,27,28)/t13-,14?/m1/s1.